The summed E-state index contributed by atoms with van der Waals surface area (Å²) in [6.07, 6.45) is 0. The molecule has 10 nitrogen and oxygen atoms in total. The second-order valence-electron chi connectivity index (χ2n) is 6.88. The number of nitrogens with one attached hydrogen (secondary N) is 1. The van der Waals surface area contributed by atoms with Gasteiger partial charge in [-0.3, -0.25) is 9.59 Å². The van der Waals surface area contributed by atoms with Gasteiger partial charge in [-0.05, 0) is 36.4 Å². The van der Waals surface area contributed by atoms with Gasteiger partial charge in [0.05, 0.1) is 33.6 Å². The van der Waals surface area contributed by atoms with E-state index in [2.05, 4.69) is 15.5 Å². The number of amides is 2. The third-order valence-electron chi connectivity index (χ3n) is 4.57. The van der Waals surface area contributed by atoms with Crippen molar-refractivity contribution in [1.29, 1.82) is 0 Å². The summed E-state index contributed by atoms with van der Waals surface area (Å²) in [5.41, 5.74) is 0.988. The Morgan fingerprint density at radius 2 is 1.71 bits per heavy atom. The molecule has 0 unspecified atom stereocenters. The van der Waals surface area contributed by atoms with Gasteiger partial charge in [0.15, 0.2) is 11.5 Å². The fourth-order valence-electron chi connectivity index (χ4n) is 2.86. The van der Waals surface area contributed by atoms with Gasteiger partial charge in [-0.25, -0.2) is 4.39 Å². The highest BCUT2D eigenvalue weighted by atomic mass is 32.2. The van der Waals surface area contributed by atoms with Crippen LogP contribution in [0.2, 0.25) is 0 Å². The van der Waals surface area contributed by atoms with Crippen LogP contribution >= 0.6 is 11.8 Å². The fraction of sp³-hybridized carbons (Fsp3) is 0.273. The number of halogens is 1. The molecular formula is C22H23FN4O6S. The summed E-state index contributed by atoms with van der Waals surface area (Å²) >= 11 is 1.04. The van der Waals surface area contributed by atoms with Gasteiger partial charge in [-0.2, -0.15) is 0 Å². The predicted molar refractivity (Wildman–Crippen MR) is 123 cm³/mol. The van der Waals surface area contributed by atoms with Gasteiger partial charge >= 0.3 is 0 Å². The third kappa shape index (κ3) is 6.16. The molecule has 0 spiro atoms. The van der Waals surface area contributed by atoms with E-state index in [0.29, 0.717) is 28.5 Å². The SMILES string of the molecule is COc1cc(-c2nnc(SCC(=O)N(C)CC(=O)Nc3ccc(F)cc3)o2)cc(OC)c1OC. The molecule has 0 atom stereocenters. The van der Waals surface area contributed by atoms with E-state index in [4.69, 9.17) is 18.6 Å². The average Bonchev–Trinajstić information content (AvgIpc) is 3.31. The Morgan fingerprint density at radius 3 is 2.29 bits per heavy atom. The number of ether oxygens (including phenoxy) is 3. The van der Waals surface area contributed by atoms with Gasteiger partial charge in [0.2, 0.25) is 23.5 Å². The highest BCUT2D eigenvalue weighted by Gasteiger charge is 2.19. The molecule has 0 bridgehead atoms. The lowest BCUT2D eigenvalue weighted by Crippen LogP contribution is -2.35. The molecule has 0 aliphatic carbocycles. The van der Waals surface area contributed by atoms with Crippen molar-refractivity contribution in [3.63, 3.8) is 0 Å². The van der Waals surface area contributed by atoms with Crippen molar-refractivity contribution in [2.75, 3.05) is 46.0 Å². The molecular weight excluding hydrogens is 467 g/mol. The van der Waals surface area contributed by atoms with E-state index in [1.165, 1.54) is 57.5 Å². The summed E-state index contributed by atoms with van der Waals surface area (Å²) < 4.78 is 34.6. The van der Waals surface area contributed by atoms with Crippen molar-refractivity contribution < 1.29 is 32.6 Å². The monoisotopic (exact) mass is 490 g/mol. The van der Waals surface area contributed by atoms with Crippen LogP contribution in [-0.4, -0.2) is 67.6 Å². The maximum Gasteiger partial charge on any atom is 0.277 e. The molecule has 0 aliphatic rings. The first-order valence-electron chi connectivity index (χ1n) is 9.90. The Balaban J connectivity index is 1.57. The zero-order valence-corrected chi connectivity index (χ0v) is 19.8. The maximum absolute atomic E-state index is 13.0. The molecule has 3 rings (SSSR count). The summed E-state index contributed by atoms with van der Waals surface area (Å²) in [5, 5.41) is 10.7. The Morgan fingerprint density at radius 1 is 1.06 bits per heavy atom. The van der Waals surface area contributed by atoms with Crippen molar-refractivity contribution in [3.05, 3.63) is 42.2 Å². The number of carbonyl (C=O) groups excluding carboxylic acids is 2. The molecule has 3 aromatic rings. The third-order valence-corrected chi connectivity index (χ3v) is 5.37. The molecule has 0 aliphatic heterocycles. The molecule has 1 N–H and O–H groups in total. The van der Waals surface area contributed by atoms with Gasteiger partial charge in [0, 0.05) is 18.3 Å². The van der Waals surface area contributed by atoms with Crippen molar-refractivity contribution in [3.8, 4) is 28.7 Å². The van der Waals surface area contributed by atoms with Gasteiger partial charge in [0.1, 0.15) is 5.82 Å². The van der Waals surface area contributed by atoms with Gasteiger partial charge in [0.25, 0.3) is 5.22 Å². The number of likely N-dealkylation sites (N-methyl/N-ethyl adjacent to an activating group) is 1. The number of hydrogen-bond donors (Lipinski definition) is 1. The molecule has 2 aromatic carbocycles. The number of methoxy groups -OCH3 is 3. The van der Waals surface area contributed by atoms with E-state index in [-0.39, 0.29) is 29.3 Å². The molecule has 0 saturated heterocycles. The van der Waals surface area contributed by atoms with Crippen molar-refractivity contribution in [2.45, 2.75) is 5.22 Å². The van der Waals surface area contributed by atoms with Crippen molar-refractivity contribution in [2.24, 2.45) is 0 Å². The van der Waals surface area contributed by atoms with Crippen LogP contribution in [-0.2, 0) is 9.59 Å². The predicted octanol–water partition coefficient (Wildman–Crippen LogP) is 3.09. The average molecular weight is 491 g/mol. The quantitative estimate of drug-likeness (QED) is 0.428. The largest absolute Gasteiger partial charge is 0.493 e. The minimum Gasteiger partial charge on any atom is -0.493 e. The molecule has 2 amide bonds. The first kappa shape index (κ1) is 24.8. The first-order valence-corrected chi connectivity index (χ1v) is 10.9. The summed E-state index contributed by atoms with van der Waals surface area (Å²) in [6.45, 7) is -0.169. The lowest BCUT2D eigenvalue weighted by molar-refractivity contribution is -0.131. The molecule has 180 valence electrons. The summed E-state index contributed by atoms with van der Waals surface area (Å²) in [6, 6.07) is 8.68. The van der Waals surface area contributed by atoms with Crippen LogP contribution in [0.15, 0.2) is 46.0 Å². The van der Waals surface area contributed by atoms with Crippen LogP contribution in [0.25, 0.3) is 11.5 Å². The van der Waals surface area contributed by atoms with E-state index >= 15 is 0 Å². The van der Waals surface area contributed by atoms with Crippen LogP contribution in [0.1, 0.15) is 0 Å². The number of thioether (sulfide) groups is 1. The zero-order chi connectivity index (χ0) is 24.7. The Kier molecular flexibility index (Phi) is 8.30. The fourth-order valence-corrected chi connectivity index (χ4v) is 3.56. The summed E-state index contributed by atoms with van der Waals surface area (Å²) in [7, 11) is 6.00. The molecule has 0 fully saturated rings. The Labute approximate surface area is 199 Å². The minimum absolute atomic E-state index is 0.0167. The normalized spacial score (nSPS) is 10.5. The van der Waals surface area contributed by atoms with Crippen LogP contribution in [0.4, 0.5) is 10.1 Å². The lowest BCUT2D eigenvalue weighted by Gasteiger charge is -2.16. The van der Waals surface area contributed by atoms with E-state index in [9.17, 15) is 14.0 Å². The Bertz CT molecular complexity index is 1130. The smallest absolute Gasteiger partial charge is 0.277 e. The molecule has 12 heteroatoms. The second-order valence-corrected chi connectivity index (χ2v) is 7.81. The molecule has 1 aromatic heterocycles. The van der Waals surface area contributed by atoms with E-state index in [1.807, 2.05) is 0 Å². The van der Waals surface area contributed by atoms with Gasteiger partial charge < -0.3 is 28.8 Å². The highest BCUT2D eigenvalue weighted by Crippen LogP contribution is 2.41. The topological polar surface area (TPSA) is 116 Å². The first-order chi connectivity index (χ1) is 16.3. The van der Waals surface area contributed by atoms with Gasteiger partial charge in [-0.15, -0.1) is 10.2 Å². The number of aromatic nitrogens is 2. The van der Waals surface area contributed by atoms with Crippen molar-refractivity contribution in [1.82, 2.24) is 15.1 Å². The van der Waals surface area contributed by atoms with E-state index in [1.54, 1.807) is 12.1 Å². The van der Waals surface area contributed by atoms with E-state index in [0.717, 1.165) is 11.8 Å². The number of benzene rings is 2. The van der Waals surface area contributed by atoms with Crippen molar-refractivity contribution >= 4 is 29.3 Å². The molecule has 0 radical (unpaired) electrons. The lowest BCUT2D eigenvalue weighted by atomic mass is 10.2. The van der Waals surface area contributed by atoms with Crippen LogP contribution < -0.4 is 19.5 Å². The number of anilines is 1. The molecule has 34 heavy (non-hydrogen) atoms. The highest BCUT2D eigenvalue weighted by molar-refractivity contribution is 7.99. The van der Waals surface area contributed by atoms with Crippen LogP contribution in [0.3, 0.4) is 0 Å². The number of rotatable bonds is 10. The number of hydrogen-bond acceptors (Lipinski definition) is 9. The standard InChI is InChI=1S/C22H23FN4O6S/c1-27(11-18(28)24-15-7-5-14(23)6-8-15)19(29)12-34-22-26-25-21(33-22)13-9-16(30-2)20(32-4)17(10-13)31-3/h5-10H,11-12H2,1-4H3,(H,24,28). The second kappa shape index (κ2) is 11.4. The number of nitrogens with zero attached hydrogens (tertiary/aromatic N) is 3. The number of carbonyl (C=O) groups is 2. The minimum atomic E-state index is -0.407. The van der Waals surface area contributed by atoms with Crippen LogP contribution in [0, 0.1) is 5.82 Å². The molecule has 1 heterocycles. The van der Waals surface area contributed by atoms with Crippen LogP contribution in [0.5, 0.6) is 17.2 Å². The van der Waals surface area contributed by atoms with Gasteiger partial charge in [-0.1, -0.05) is 11.8 Å². The Hall–Kier alpha value is -3.80. The summed E-state index contributed by atoms with van der Waals surface area (Å²) in [5.74, 6) is 0.358. The molecule has 0 saturated carbocycles. The maximum atomic E-state index is 13.0. The van der Waals surface area contributed by atoms with E-state index < -0.39 is 11.7 Å². The zero-order valence-electron chi connectivity index (χ0n) is 19.0. The summed E-state index contributed by atoms with van der Waals surface area (Å²) in [4.78, 5) is 25.8.